The molecule has 0 bridgehead atoms. The topological polar surface area (TPSA) is 82.7 Å². The van der Waals surface area contributed by atoms with Crippen molar-refractivity contribution in [1.82, 2.24) is 25.8 Å². The molecule has 0 unspecified atom stereocenters. The predicted molar refractivity (Wildman–Crippen MR) is 99.3 cm³/mol. The second-order valence-corrected chi connectivity index (χ2v) is 6.61. The zero-order valence-electron chi connectivity index (χ0n) is 14.4. The molecule has 6 heteroatoms. The molecule has 2 aromatic carbocycles. The number of benzene rings is 2. The number of nitrogens with zero attached hydrogens (tertiary/aromatic N) is 2. The number of aromatic nitrogens is 3. The van der Waals surface area contributed by atoms with Gasteiger partial charge in [0.15, 0.2) is 5.82 Å². The summed E-state index contributed by atoms with van der Waals surface area (Å²) in [5, 5.41) is 12.6. The third kappa shape index (κ3) is 3.91. The predicted octanol–water partition coefficient (Wildman–Crippen LogP) is 3.07. The number of H-pyrrole nitrogens is 1. The quantitative estimate of drug-likeness (QED) is 0.641. The summed E-state index contributed by atoms with van der Waals surface area (Å²) in [4.78, 5) is 16.2. The van der Waals surface area contributed by atoms with Crippen LogP contribution in [-0.4, -0.2) is 27.8 Å². The third-order valence-corrected chi connectivity index (χ3v) is 4.74. The van der Waals surface area contributed by atoms with Crippen LogP contribution >= 0.6 is 0 Å². The Morgan fingerprint density at radius 1 is 1.12 bits per heavy atom. The lowest BCUT2D eigenvalue weighted by Crippen LogP contribution is -2.36. The number of carbonyl (C=O) groups excluding carboxylic acids is 1. The fraction of sp³-hybridized carbons (Fsp3) is 0.250. The van der Waals surface area contributed by atoms with E-state index in [2.05, 4.69) is 50.1 Å². The lowest BCUT2D eigenvalue weighted by atomic mass is 10.1. The highest BCUT2D eigenvalue weighted by Crippen LogP contribution is 2.46. The van der Waals surface area contributed by atoms with Crippen LogP contribution in [0, 0.1) is 5.92 Å². The van der Waals surface area contributed by atoms with Crippen molar-refractivity contribution in [3.8, 4) is 11.4 Å². The normalized spacial score (nSPS) is 18.3. The summed E-state index contributed by atoms with van der Waals surface area (Å²) < 4.78 is 0. The standard InChI is InChI=1S/C20H21N5O/c26-20(22-12-17-10-18(17)15-6-2-1-3-7-15)21-11-14-5-4-8-16(9-14)19-23-13-24-25-19/h1-9,13,17-18H,10-12H2,(H2,21,22,26)(H,23,24,25)/t17-,18-/m0/s1. The van der Waals surface area contributed by atoms with Gasteiger partial charge in [-0.05, 0) is 35.4 Å². The third-order valence-electron chi connectivity index (χ3n) is 4.74. The maximum absolute atomic E-state index is 12.1. The van der Waals surface area contributed by atoms with Crippen LogP contribution < -0.4 is 10.6 Å². The van der Waals surface area contributed by atoms with E-state index in [1.54, 1.807) is 0 Å². The molecule has 0 saturated heterocycles. The first-order chi connectivity index (χ1) is 12.8. The molecule has 6 nitrogen and oxygen atoms in total. The Hall–Kier alpha value is -3.15. The van der Waals surface area contributed by atoms with E-state index in [0.29, 0.717) is 24.9 Å². The van der Waals surface area contributed by atoms with E-state index in [1.807, 2.05) is 30.3 Å². The lowest BCUT2D eigenvalue weighted by molar-refractivity contribution is 0.240. The van der Waals surface area contributed by atoms with E-state index in [-0.39, 0.29) is 6.03 Å². The fourth-order valence-electron chi connectivity index (χ4n) is 3.22. The Balaban J connectivity index is 1.23. The van der Waals surface area contributed by atoms with Crippen molar-refractivity contribution in [1.29, 1.82) is 0 Å². The summed E-state index contributed by atoms with van der Waals surface area (Å²) in [6.45, 7) is 1.18. The number of urea groups is 1. The molecule has 1 fully saturated rings. The smallest absolute Gasteiger partial charge is 0.315 e. The highest BCUT2D eigenvalue weighted by atomic mass is 16.2. The van der Waals surface area contributed by atoms with Gasteiger partial charge in [-0.25, -0.2) is 9.78 Å². The van der Waals surface area contributed by atoms with Crippen molar-refractivity contribution in [3.05, 3.63) is 72.1 Å². The monoisotopic (exact) mass is 347 g/mol. The molecule has 1 aromatic heterocycles. The Kier molecular flexibility index (Phi) is 4.64. The zero-order valence-corrected chi connectivity index (χ0v) is 14.4. The average Bonchev–Trinajstić information content (AvgIpc) is 3.26. The van der Waals surface area contributed by atoms with Crippen LogP contribution in [0.3, 0.4) is 0 Å². The zero-order chi connectivity index (χ0) is 17.8. The number of hydrogen-bond acceptors (Lipinski definition) is 3. The Bertz CT molecular complexity index is 863. The fourth-order valence-corrected chi connectivity index (χ4v) is 3.22. The summed E-state index contributed by atoms with van der Waals surface area (Å²) >= 11 is 0. The van der Waals surface area contributed by atoms with Gasteiger partial charge < -0.3 is 10.6 Å². The molecule has 26 heavy (non-hydrogen) atoms. The molecular formula is C20H21N5O. The van der Waals surface area contributed by atoms with E-state index in [1.165, 1.54) is 11.9 Å². The number of carbonyl (C=O) groups is 1. The number of amides is 2. The maximum Gasteiger partial charge on any atom is 0.315 e. The molecule has 4 rings (SSSR count). The number of aromatic amines is 1. The van der Waals surface area contributed by atoms with Gasteiger partial charge in [0.1, 0.15) is 6.33 Å². The molecule has 1 saturated carbocycles. The Morgan fingerprint density at radius 2 is 2.00 bits per heavy atom. The van der Waals surface area contributed by atoms with Crippen molar-refractivity contribution < 1.29 is 4.79 Å². The molecule has 3 N–H and O–H groups in total. The van der Waals surface area contributed by atoms with Crippen LogP contribution in [0.25, 0.3) is 11.4 Å². The van der Waals surface area contributed by atoms with Crippen molar-refractivity contribution in [2.75, 3.05) is 6.54 Å². The summed E-state index contributed by atoms with van der Waals surface area (Å²) in [6, 6.07) is 18.2. The van der Waals surface area contributed by atoms with Gasteiger partial charge in [-0.15, -0.1) is 0 Å². The van der Waals surface area contributed by atoms with E-state index in [4.69, 9.17) is 0 Å². The maximum atomic E-state index is 12.1. The molecule has 0 radical (unpaired) electrons. The minimum atomic E-state index is -0.131. The van der Waals surface area contributed by atoms with Gasteiger partial charge in [0.2, 0.25) is 0 Å². The van der Waals surface area contributed by atoms with Gasteiger partial charge in [-0.3, -0.25) is 5.10 Å². The van der Waals surface area contributed by atoms with Gasteiger partial charge in [-0.2, -0.15) is 5.10 Å². The molecule has 1 aliphatic carbocycles. The Morgan fingerprint density at radius 3 is 2.81 bits per heavy atom. The minimum Gasteiger partial charge on any atom is -0.338 e. The molecule has 0 spiro atoms. The van der Waals surface area contributed by atoms with Crippen molar-refractivity contribution in [2.24, 2.45) is 5.92 Å². The first-order valence-electron chi connectivity index (χ1n) is 8.81. The lowest BCUT2D eigenvalue weighted by Gasteiger charge is -2.08. The van der Waals surface area contributed by atoms with E-state index in [9.17, 15) is 4.79 Å². The molecule has 1 heterocycles. The SMILES string of the molecule is O=C(NCc1cccc(-c2ncn[nH]2)c1)NC[C@@H]1C[C@H]1c1ccccc1. The first kappa shape index (κ1) is 16.3. The Labute approximate surface area is 152 Å². The van der Waals surface area contributed by atoms with Crippen LogP contribution in [-0.2, 0) is 6.54 Å². The van der Waals surface area contributed by atoms with Crippen molar-refractivity contribution >= 4 is 6.03 Å². The van der Waals surface area contributed by atoms with Crippen LogP contribution in [0.4, 0.5) is 4.79 Å². The van der Waals surface area contributed by atoms with Gasteiger partial charge >= 0.3 is 6.03 Å². The summed E-state index contributed by atoms with van der Waals surface area (Å²) in [5.74, 6) is 1.84. The number of rotatable bonds is 6. The molecule has 2 amide bonds. The molecule has 2 atom stereocenters. The molecule has 0 aliphatic heterocycles. The largest absolute Gasteiger partial charge is 0.338 e. The van der Waals surface area contributed by atoms with Crippen LogP contribution in [0.5, 0.6) is 0 Å². The minimum absolute atomic E-state index is 0.131. The molecular weight excluding hydrogens is 326 g/mol. The van der Waals surface area contributed by atoms with Gasteiger partial charge in [-0.1, -0.05) is 48.5 Å². The molecule has 1 aliphatic rings. The second-order valence-electron chi connectivity index (χ2n) is 6.61. The van der Waals surface area contributed by atoms with E-state index in [0.717, 1.165) is 23.4 Å². The van der Waals surface area contributed by atoms with Gasteiger partial charge in [0.05, 0.1) is 0 Å². The summed E-state index contributed by atoms with van der Waals surface area (Å²) in [7, 11) is 0. The van der Waals surface area contributed by atoms with Crippen LogP contribution in [0.2, 0.25) is 0 Å². The highest BCUT2D eigenvalue weighted by Gasteiger charge is 2.37. The van der Waals surface area contributed by atoms with Crippen molar-refractivity contribution in [2.45, 2.75) is 18.9 Å². The van der Waals surface area contributed by atoms with Crippen molar-refractivity contribution in [3.63, 3.8) is 0 Å². The van der Waals surface area contributed by atoms with E-state index < -0.39 is 0 Å². The molecule has 132 valence electrons. The van der Waals surface area contributed by atoms with Gasteiger partial charge in [0, 0.05) is 18.7 Å². The number of nitrogens with one attached hydrogen (secondary N) is 3. The second kappa shape index (κ2) is 7.39. The van der Waals surface area contributed by atoms with Gasteiger partial charge in [0.25, 0.3) is 0 Å². The summed E-state index contributed by atoms with van der Waals surface area (Å²) in [6.07, 6.45) is 2.62. The molecule has 3 aromatic rings. The summed E-state index contributed by atoms with van der Waals surface area (Å²) in [5.41, 5.74) is 3.33. The highest BCUT2D eigenvalue weighted by molar-refractivity contribution is 5.74. The first-order valence-corrected chi connectivity index (χ1v) is 8.81. The average molecular weight is 347 g/mol. The van der Waals surface area contributed by atoms with Crippen LogP contribution in [0.15, 0.2) is 60.9 Å². The van der Waals surface area contributed by atoms with Crippen LogP contribution in [0.1, 0.15) is 23.5 Å². The number of hydrogen-bond donors (Lipinski definition) is 3. The van der Waals surface area contributed by atoms with E-state index >= 15 is 0 Å².